The summed E-state index contributed by atoms with van der Waals surface area (Å²) in [6.45, 7) is 4.79. The molecule has 2 N–H and O–H groups in total. The molecule has 8 nitrogen and oxygen atoms in total. The molecule has 0 saturated heterocycles. The van der Waals surface area contributed by atoms with Crippen molar-refractivity contribution < 1.29 is 4.74 Å². The van der Waals surface area contributed by atoms with Gasteiger partial charge in [0.15, 0.2) is 11.8 Å². The highest BCUT2D eigenvalue weighted by Gasteiger charge is 2.07. The van der Waals surface area contributed by atoms with Crippen LogP contribution in [-0.2, 0) is 20.1 Å². The predicted octanol–water partition coefficient (Wildman–Crippen LogP) is 2.89. The van der Waals surface area contributed by atoms with Crippen LogP contribution in [0.25, 0.3) is 0 Å². The summed E-state index contributed by atoms with van der Waals surface area (Å²) in [4.78, 5) is 7.02. The first-order chi connectivity index (χ1) is 15.6. The van der Waals surface area contributed by atoms with Crippen molar-refractivity contribution in [3.05, 3.63) is 71.8 Å². The third-order valence-corrected chi connectivity index (χ3v) is 5.31. The molecule has 0 unspecified atom stereocenters. The first-order valence-electron chi connectivity index (χ1n) is 10.8. The summed E-state index contributed by atoms with van der Waals surface area (Å²) in [5.74, 6) is 3.32. The molecule has 0 aliphatic rings. The number of hydrogen-bond acceptors (Lipinski definition) is 5. The van der Waals surface area contributed by atoms with Crippen LogP contribution in [0.15, 0.2) is 59.6 Å². The highest BCUT2D eigenvalue weighted by atomic mass is 16.5. The number of para-hydroxylation sites is 1. The number of guanidine groups is 1. The molecule has 0 saturated carbocycles. The molecule has 0 spiro atoms. The van der Waals surface area contributed by atoms with E-state index in [0.29, 0.717) is 13.1 Å². The Labute approximate surface area is 190 Å². The Morgan fingerprint density at radius 2 is 1.91 bits per heavy atom. The van der Waals surface area contributed by atoms with Gasteiger partial charge in [0.05, 0.1) is 20.2 Å². The Morgan fingerprint density at radius 3 is 2.62 bits per heavy atom. The van der Waals surface area contributed by atoms with Gasteiger partial charge in [0.2, 0.25) is 0 Å². The summed E-state index contributed by atoms with van der Waals surface area (Å²) in [7, 11) is 5.75. The van der Waals surface area contributed by atoms with E-state index >= 15 is 0 Å². The van der Waals surface area contributed by atoms with Crippen molar-refractivity contribution in [3.63, 3.8) is 0 Å². The van der Waals surface area contributed by atoms with Gasteiger partial charge in [-0.15, -0.1) is 10.2 Å². The van der Waals surface area contributed by atoms with Crippen molar-refractivity contribution in [2.75, 3.05) is 32.1 Å². The van der Waals surface area contributed by atoms with Crippen LogP contribution in [-0.4, -0.2) is 48.0 Å². The van der Waals surface area contributed by atoms with Gasteiger partial charge in [-0.25, -0.2) is 4.99 Å². The second-order valence-corrected chi connectivity index (χ2v) is 7.63. The molecule has 170 valence electrons. The monoisotopic (exact) mass is 435 g/mol. The second-order valence-electron chi connectivity index (χ2n) is 7.63. The van der Waals surface area contributed by atoms with Crippen molar-refractivity contribution in [2.45, 2.75) is 26.4 Å². The highest BCUT2D eigenvalue weighted by Crippen LogP contribution is 2.13. The number of aliphatic imine (C=N–C) groups is 1. The zero-order valence-corrected chi connectivity index (χ0v) is 19.4. The molecule has 1 heterocycles. The second kappa shape index (κ2) is 11.7. The van der Waals surface area contributed by atoms with Crippen LogP contribution >= 0.6 is 0 Å². The number of aryl methyl sites for hydroxylation is 1. The summed E-state index contributed by atoms with van der Waals surface area (Å²) in [6.07, 6.45) is 0.980. The minimum absolute atomic E-state index is 0.547. The molecule has 32 heavy (non-hydrogen) atoms. The maximum atomic E-state index is 5.32. The summed E-state index contributed by atoms with van der Waals surface area (Å²) in [5, 5.41) is 15.2. The van der Waals surface area contributed by atoms with Crippen LogP contribution in [0.5, 0.6) is 5.75 Å². The number of methoxy groups -OCH3 is 1. The molecule has 1 aromatic heterocycles. The van der Waals surface area contributed by atoms with Gasteiger partial charge in [-0.2, -0.15) is 0 Å². The lowest BCUT2D eigenvalue weighted by atomic mass is 10.2. The van der Waals surface area contributed by atoms with Gasteiger partial charge in [-0.1, -0.05) is 30.3 Å². The van der Waals surface area contributed by atoms with E-state index in [-0.39, 0.29) is 0 Å². The molecular formula is C24H33N7O. The summed E-state index contributed by atoms with van der Waals surface area (Å²) >= 11 is 0. The van der Waals surface area contributed by atoms with E-state index in [1.807, 2.05) is 48.9 Å². The average molecular weight is 436 g/mol. The van der Waals surface area contributed by atoms with Crippen LogP contribution in [0.2, 0.25) is 0 Å². The summed E-state index contributed by atoms with van der Waals surface area (Å²) in [5.41, 5.74) is 2.30. The van der Waals surface area contributed by atoms with E-state index in [2.05, 4.69) is 57.0 Å². The Bertz CT molecular complexity index is 1000. The first kappa shape index (κ1) is 23.1. The molecule has 0 fully saturated rings. The van der Waals surface area contributed by atoms with Crippen LogP contribution in [0, 0.1) is 6.92 Å². The van der Waals surface area contributed by atoms with Crippen LogP contribution < -0.4 is 20.3 Å². The number of nitrogens with zero attached hydrogens (tertiary/aromatic N) is 5. The number of benzene rings is 2. The summed E-state index contributed by atoms with van der Waals surface area (Å²) < 4.78 is 7.29. The van der Waals surface area contributed by atoms with Crippen LogP contribution in [0.1, 0.15) is 23.6 Å². The van der Waals surface area contributed by atoms with Crippen molar-refractivity contribution in [3.8, 4) is 5.75 Å². The van der Waals surface area contributed by atoms with E-state index in [0.717, 1.165) is 48.4 Å². The fourth-order valence-corrected chi connectivity index (χ4v) is 3.22. The van der Waals surface area contributed by atoms with Gasteiger partial charge in [-0.3, -0.25) is 0 Å². The highest BCUT2D eigenvalue weighted by molar-refractivity contribution is 5.79. The number of nitrogens with one attached hydrogen (secondary N) is 2. The minimum Gasteiger partial charge on any atom is -0.497 e. The standard InChI is InChI=1S/C24H33N7O/c1-19-28-29-23(31(19)3)18-27-24(26-17-20-10-8-13-22(16-20)32-4)25-14-9-15-30(2)21-11-6-5-7-12-21/h5-8,10-13,16H,9,14-15,17-18H2,1-4H3,(H2,25,26,27). The maximum Gasteiger partial charge on any atom is 0.191 e. The molecule has 0 atom stereocenters. The third kappa shape index (κ3) is 6.73. The van der Waals surface area contributed by atoms with Gasteiger partial charge >= 0.3 is 0 Å². The van der Waals surface area contributed by atoms with Gasteiger partial charge < -0.3 is 24.8 Å². The van der Waals surface area contributed by atoms with Gasteiger partial charge in [0.1, 0.15) is 11.6 Å². The molecular weight excluding hydrogens is 402 g/mol. The Balaban J connectivity index is 1.58. The number of aromatic nitrogens is 3. The van der Waals surface area contributed by atoms with Crippen LogP contribution in [0.3, 0.4) is 0 Å². The lowest BCUT2D eigenvalue weighted by Crippen LogP contribution is -2.39. The first-order valence-corrected chi connectivity index (χ1v) is 10.8. The van der Waals surface area contributed by atoms with Gasteiger partial charge in [0, 0.05) is 32.9 Å². The zero-order valence-electron chi connectivity index (χ0n) is 19.4. The molecule has 2 aromatic carbocycles. The SMILES string of the molecule is COc1cccc(CN=C(NCCCN(C)c2ccccc2)NCc2nnc(C)n2C)c1. The molecule has 8 heteroatoms. The lowest BCUT2D eigenvalue weighted by Gasteiger charge is -2.19. The fraction of sp³-hybridized carbons (Fsp3) is 0.375. The number of rotatable bonds is 10. The molecule has 3 rings (SSSR count). The van der Waals surface area contributed by atoms with E-state index in [9.17, 15) is 0 Å². The Morgan fingerprint density at radius 1 is 1.09 bits per heavy atom. The average Bonchev–Trinajstić information content (AvgIpc) is 3.15. The maximum absolute atomic E-state index is 5.32. The van der Waals surface area contributed by atoms with E-state index < -0.39 is 0 Å². The largest absolute Gasteiger partial charge is 0.497 e. The molecule has 0 radical (unpaired) electrons. The van der Waals surface area contributed by atoms with Crippen molar-refractivity contribution in [2.24, 2.45) is 12.0 Å². The number of ether oxygens (including phenoxy) is 1. The summed E-state index contributed by atoms with van der Waals surface area (Å²) in [6, 6.07) is 18.4. The fourth-order valence-electron chi connectivity index (χ4n) is 3.22. The van der Waals surface area contributed by atoms with Crippen LogP contribution in [0.4, 0.5) is 5.69 Å². The molecule has 3 aromatic rings. The van der Waals surface area contributed by atoms with E-state index in [1.54, 1.807) is 7.11 Å². The zero-order chi connectivity index (χ0) is 22.8. The third-order valence-electron chi connectivity index (χ3n) is 5.31. The van der Waals surface area contributed by atoms with Crippen molar-refractivity contribution >= 4 is 11.6 Å². The van der Waals surface area contributed by atoms with Crippen molar-refractivity contribution in [1.82, 2.24) is 25.4 Å². The molecule has 0 bridgehead atoms. The number of anilines is 1. The smallest absolute Gasteiger partial charge is 0.191 e. The Kier molecular flexibility index (Phi) is 8.48. The Hall–Kier alpha value is -3.55. The topological polar surface area (TPSA) is 79.6 Å². The lowest BCUT2D eigenvalue weighted by molar-refractivity contribution is 0.414. The van der Waals surface area contributed by atoms with E-state index in [1.165, 1.54) is 5.69 Å². The predicted molar refractivity (Wildman–Crippen MR) is 129 cm³/mol. The molecule has 0 aliphatic heterocycles. The van der Waals surface area contributed by atoms with E-state index in [4.69, 9.17) is 9.73 Å². The molecule has 0 amide bonds. The van der Waals surface area contributed by atoms with Crippen molar-refractivity contribution in [1.29, 1.82) is 0 Å². The quantitative estimate of drug-likeness (QED) is 0.290. The number of hydrogen-bond donors (Lipinski definition) is 2. The van der Waals surface area contributed by atoms with Gasteiger partial charge in [-0.05, 0) is 43.2 Å². The van der Waals surface area contributed by atoms with Gasteiger partial charge in [0.25, 0.3) is 0 Å². The normalized spacial score (nSPS) is 11.3. The minimum atomic E-state index is 0.547. The molecule has 0 aliphatic carbocycles.